The first-order chi connectivity index (χ1) is 10.3. The van der Waals surface area contributed by atoms with Crippen molar-refractivity contribution in [3.05, 3.63) is 35.4 Å². The highest BCUT2D eigenvalue weighted by Gasteiger charge is 2.30. The van der Waals surface area contributed by atoms with E-state index in [9.17, 15) is 18.0 Å². The van der Waals surface area contributed by atoms with Crippen molar-refractivity contribution < 1.29 is 32.6 Å². The zero-order chi connectivity index (χ0) is 16.8. The van der Waals surface area contributed by atoms with Crippen LogP contribution in [0.4, 0.5) is 13.2 Å². The molecule has 0 aliphatic heterocycles. The number of aliphatic carboxylic acids is 1. The molecule has 8 heteroatoms. The Morgan fingerprint density at radius 2 is 2.09 bits per heavy atom. The number of halogens is 3. The van der Waals surface area contributed by atoms with E-state index in [0.717, 1.165) is 12.1 Å². The van der Waals surface area contributed by atoms with Crippen molar-refractivity contribution in [3.8, 4) is 5.75 Å². The van der Waals surface area contributed by atoms with Crippen LogP contribution in [-0.2, 0) is 15.8 Å². The van der Waals surface area contributed by atoms with Crippen molar-refractivity contribution in [3.63, 3.8) is 0 Å². The standard InChI is InChI=1S/C14H14F3NO4/c1-9(13(19)20)18-22-7-3-4-10-8-11(14(15,16)17)5-6-12(10)21-2/h3-6,8H,7H2,1-2H3,(H,19,20). The van der Waals surface area contributed by atoms with Gasteiger partial charge in [0.1, 0.15) is 12.4 Å². The fraction of sp³-hybridized carbons (Fsp3) is 0.286. The van der Waals surface area contributed by atoms with E-state index in [0.29, 0.717) is 0 Å². The molecule has 0 saturated heterocycles. The summed E-state index contributed by atoms with van der Waals surface area (Å²) in [6, 6.07) is 3.09. The molecule has 1 aromatic carbocycles. The summed E-state index contributed by atoms with van der Waals surface area (Å²) >= 11 is 0. The highest BCUT2D eigenvalue weighted by molar-refractivity contribution is 6.34. The number of oxime groups is 1. The van der Waals surface area contributed by atoms with E-state index in [-0.39, 0.29) is 23.6 Å². The van der Waals surface area contributed by atoms with Crippen LogP contribution in [0, 0.1) is 0 Å². The van der Waals surface area contributed by atoms with Crippen LogP contribution in [0.5, 0.6) is 5.75 Å². The minimum atomic E-state index is -4.45. The van der Waals surface area contributed by atoms with Crippen LogP contribution < -0.4 is 4.74 Å². The summed E-state index contributed by atoms with van der Waals surface area (Å²) in [6.45, 7) is 1.16. The number of alkyl halides is 3. The first-order valence-electron chi connectivity index (χ1n) is 6.07. The van der Waals surface area contributed by atoms with Gasteiger partial charge in [-0.2, -0.15) is 13.2 Å². The first kappa shape index (κ1) is 17.5. The minimum absolute atomic E-state index is 0.0932. The molecule has 5 nitrogen and oxygen atoms in total. The number of ether oxygens (including phenoxy) is 1. The van der Waals surface area contributed by atoms with Gasteiger partial charge in [0.15, 0.2) is 5.71 Å². The molecular weight excluding hydrogens is 303 g/mol. The zero-order valence-corrected chi connectivity index (χ0v) is 11.8. The van der Waals surface area contributed by atoms with Crippen LogP contribution in [-0.4, -0.2) is 30.5 Å². The summed E-state index contributed by atoms with van der Waals surface area (Å²) in [6.07, 6.45) is -1.68. The fourth-order valence-electron chi connectivity index (χ4n) is 1.43. The lowest BCUT2D eigenvalue weighted by atomic mass is 10.1. The zero-order valence-electron chi connectivity index (χ0n) is 11.8. The molecule has 1 N–H and O–H groups in total. The van der Waals surface area contributed by atoms with E-state index in [1.807, 2.05) is 0 Å². The Balaban J connectivity index is 2.81. The van der Waals surface area contributed by atoms with Crippen molar-refractivity contribution in [2.75, 3.05) is 13.7 Å². The Hall–Kier alpha value is -2.51. The molecule has 22 heavy (non-hydrogen) atoms. The van der Waals surface area contributed by atoms with Crippen LogP contribution in [0.15, 0.2) is 29.4 Å². The third-order valence-electron chi connectivity index (χ3n) is 2.54. The molecule has 120 valence electrons. The summed E-state index contributed by atoms with van der Waals surface area (Å²) < 4.78 is 42.9. The molecule has 0 amide bonds. The molecule has 0 fully saturated rings. The van der Waals surface area contributed by atoms with Gasteiger partial charge >= 0.3 is 12.1 Å². The van der Waals surface area contributed by atoms with Gasteiger partial charge in [0.2, 0.25) is 0 Å². The van der Waals surface area contributed by atoms with E-state index < -0.39 is 17.7 Å². The van der Waals surface area contributed by atoms with Gasteiger partial charge in [0.25, 0.3) is 0 Å². The van der Waals surface area contributed by atoms with Crippen molar-refractivity contribution >= 4 is 17.8 Å². The van der Waals surface area contributed by atoms with Crippen LogP contribution in [0.2, 0.25) is 0 Å². The molecule has 0 saturated carbocycles. The highest BCUT2D eigenvalue weighted by atomic mass is 19.4. The van der Waals surface area contributed by atoms with Gasteiger partial charge in [-0.3, -0.25) is 0 Å². The van der Waals surface area contributed by atoms with E-state index >= 15 is 0 Å². The molecule has 0 radical (unpaired) electrons. The van der Waals surface area contributed by atoms with Crippen molar-refractivity contribution in [1.82, 2.24) is 0 Å². The molecule has 0 atom stereocenters. The molecule has 0 bridgehead atoms. The number of benzene rings is 1. The van der Waals surface area contributed by atoms with Gasteiger partial charge in [0.05, 0.1) is 12.7 Å². The Morgan fingerprint density at radius 1 is 1.41 bits per heavy atom. The predicted molar refractivity (Wildman–Crippen MR) is 73.7 cm³/mol. The van der Waals surface area contributed by atoms with Crippen molar-refractivity contribution in [1.29, 1.82) is 0 Å². The lowest BCUT2D eigenvalue weighted by Gasteiger charge is -2.10. The SMILES string of the molecule is COc1ccc(C(F)(F)F)cc1C=CCON=C(C)C(=O)O. The molecule has 1 rings (SSSR count). The average molecular weight is 317 g/mol. The first-order valence-corrected chi connectivity index (χ1v) is 6.07. The number of methoxy groups -OCH3 is 1. The number of carboxylic acids is 1. The second kappa shape index (κ2) is 7.48. The van der Waals surface area contributed by atoms with E-state index in [1.54, 1.807) is 0 Å². The maximum absolute atomic E-state index is 12.6. The van der Waals surface area contributed by atoms with Gasteiger partial charge < -0.3 is 14.7 Å². The van der Waals surface area contributed by atoms with Gasteiger partial charge in [-0.1, -0.05) is 11.2 Å². The molecule has 0 spiro atoms. The second-order valence-corrected chi connectivity index (χ2v) is 4.13. The van der Waals surface area contributed by atoms with Gasteiger partial charge in [-0.25, -0.2) is 4.79 Å². The number of carbonyl (C=O) groups is 1. The maximum Gasteiger partial charge on any atom is 0.416 e. The summed E-state index contributed by atoms with van der Waals surface area (Å²) in [4.78, 5) is 15.2. The number of hydrogen-bond donors (Lipinski definition) is 1. The van der Waals surface area contributed by atoms with Crippen LogP contribution in [0.3, 0.4) is 0 Å². The topological polar surface area (TPSA) is 68.1 Å². The van der Waals surface area contributed by atoms with Crippen LogP contribution >= 0.6 is 0 Å². The third-order valence-corrected chi connectivity index (χ3v) is 2.54. The normalized spacial score (nSPS) is 12.5. The summed E-state index contributed by atoms with van der Waals surface area (Å²) in [7, 11) is 1.34. The Morgan fingerprint density at radius 3 is 2.64 bits per heavy atom. The number of hydrogen-bond acceptors (Lipinski definition) is 4. The minimum Gasteiger partial charge on any atom is -0.496 e. The van der Waals surface area contributed by atoms with Crippen molar-refractivity contribution in [2.24, 2.45) is 5.16 Å². The summed E-state index contributed by atoms with van der Waals surface area (Å²) in [5.41, 5.74) is -0.807. The van der Waals surface area contributed by atoms with Gasteiger partial charge in [-0.15, -0.1) is 0 Å². The number of nitrogens with zero attached hydrogens (tertiary/aromatic N) is 1. The highest BCUT2D eigenvalue weighted by Crippen LogP contribution is 2.32. The second-order valence-electron chi connectivity index (χ2n) is 4.13. The molecule has 1 aromatic rings. The molecule has 0 aliphatic carbocycles. The Bertz CT molecular complexity index is 594. The molecule has 0 unspecified atom stereocenters. The largest absolute Gasteiger partial charge is 0.496 e. The molecule has 0 aromatic heterocycles. The van der Waals surface area contributed by atoms with Crippen LogP contribution in [0.1, 0.15) is 18.1 Å². The number of carboxylic acid groups (broad SMARTS) is 1. The summed E-state index contributed by atoms with van der Waals surface area (Å²) in [5, 5.41) is 11.8. The van der Waals surface area contributed by atoms with E-state index in [2.05, 4.69) is 5.16 Å². The average Bonchev–Trinajstić information content (AvgIpc) is 2.45. The van der Waals surface area contributed by atoms with Crippen LogP contribution in [0.25, 0.3) is 6.08 Å². The molecule has 0 aliphatic rings. The fourth-order valence-corrected chi connectivity index (χ4v) is 1.43. The molecule has 0 heterocycles. The predicted octanol–water partition coefficient (Wildman–Crippen LogP) is 3.20. The van der Waals surface area contributed by atoms with E-state index in [4.69, 9.17) is 14.7 Å². The smallest absolute Gasteiger partial charge is 0.416 e. The summed E-state index contributed by atoms with van der Waals surface area (Å²) in [5.74, 6) is -0.946. The lowest BCUT2D eigenvalue weighted by Crippen LogP contribution is -2.08. The lowest BCUT2D eigenvalue weighted by molar-refractivity contribution is -0.137. The van der Waals surface area contributed by atoms with Gasteiger partial charge in [-0.05, 0) is 31.2 Å². The Kier molecular flexibility index (Phi) is 5.97. The Labute approximate surface area is 124 Å². The monoisotopic (exact) mass is 317 g/mol. The quantitative estimate of drug-likeness (QED) is 0.497. The van der Waals surface area contributed by atoms with E-state index in [1.165, 1.54) is 32.3 Å². The third kappa shape index (κ3) is 5.12. The number of rotatable bonds is 6. The maximum atomic E-state index is 12.6. The molecular formula is C14H14F3NO4. The van der Waals surface area contributed by atoms with Gasteiger partial charge in [0, 0.05) is 5.56 Å². The van der Waals surface area contributed by atoms with Crippen molar-refractivity contribution in [2.45, 2.75) is 13.1 Å².